The number of carbonyl (C=O) groups excluding carboxylic acids is 1. The van der Waals surface area contributed by atoms with Gasteiger partial charge in [0.15, 0.2) is 0 Å². The molecule has 0 radical (unpaired) electrons. The highest BCUT2D eigenvalue weighted by molar-refractivity contribution is 6.08. The highest BCUT2D eigenvalue weighted by Crippen LogP contribution is 2.28. The molecule has 0 unspecified atom stereocenters. The van der Waals surface area contributed by atoms with Crippen LogP contribution in [0, 0.1) is 0 Å². The lowest BCUT2D eigenvalue weighted by Gasteiger charge is -2.24. The normalized spacial score (nSPS) is 10.8. The molecule has 4 aromatic carbocycles. The van der Waals surface area contributed by atoms with Crippen molar-refractivity contribution in [2.45, 2.75) is 6.54 Å². The number of carboxylic acids is 1. The van der Waals surface area contributed by atoms with Crippen LogP contribution in [-0.4, -0.2) is 38.2 Å². The van der Waals surface area contributed by atoms with Crippen molar-refractivity contribution < 1.29 is 19.4 Å². The molecule has 4 rings (SSSR count). The van der Waals surface area contributed by atoms with E-state index in [4.69, 9.17) is 9.84 Å². The number of carboxylic acid groups (broad SMARTS) is 1. The highest BCUT2D eigenvalue weighted by Gasteiger charge is 2.21. The van der Waals surface area contributed by atoms with E-state index in [2.05, 4.69) is 41.3 Å². The molecule has 1 N–H and O–H groups in total. The van der Waals surface area contributed by atoms with Crippen LogP contribution in [0.15, 0.2) is 103 Å². The van der Waals surface area contributed by atoms with E-state index in [0.29, 0.717) is 29.1 Å². The van der Waals surface area contributed by atoms with Crippen molar-refractivity contribution in [2.24, 2.45) is 0 Å². The Morgan fingerprint density at radius 1 is 0.816 bits per heavy atom. The summed E-state index contributed by atoms with van der Waals surface area (Å²) >= 11 is 0. The zero-order chi connectivity index (χ0) is 27.1. The summed E-state index contributed by atoms with van der Waals surface area (Å²) in [7, 11) is 5.57. The van der Waals surface area contributed by atoms with Crippen molar-refractivity contribution in [3.63, 3.8) is 0 Å². The van der Waals surface area contributed by atoms with Gasteiger partial charge in [-0.25, -0.2) is 4.79 Å². The molecular weight excluding hydrogens is 476 g/mol. The summed E-state index contributed by atoms with van der Waals surface area (Å²) in [5, 5.41) is 9.02. The number of benzene rings is 4. The third-order valence-electron chi connectivity index (χ3n) is 6.19. The summed E-state index contributed by atoms with van der Waals surface area (Å²) in [5.41, 5.74) is 6.06. The first-order valence-corrected chi connectivity index (χ1v) is 12.2. The zero-order valence-electron chi connectivity index (χ0n) is 21.7. The van der Waals surface area contributed by atoms with Gasteiger partial charge in [-0.1, -0.05) is 60.7 Å². The van der Waals surface area contributed by atoms with Crippen molar-refractivity contribution >= 4 is 29.3 Å². The van der Waals surface area contributed by atoms with Gasteiger partial charge < -0.3 is 19.6 Å². The Kier molecular flexibility index (Phi) is 8.23. The lowest BCUT2D eigenvalue weighted by molar-refractivity contribution is -0.131. The van der Waals surface area contributed by atoms with Gasteiger partial charge in [-0.05, 0) is 64.7 Å². The molecule has 38 heavy (non-hydrogen) atoms. The third-order valence-corrected chi connectivity index (χ3v) is 6.19. The summed E-state index contributed by atoms with van der Waals surface area (Å²) in [4.78, 5) is 28.6. The standard InChI is InChI=1S/C32H30N2O4/c1-33(2)27-18-16-26(17-19-27)25-14-11-24(12-15-25)22-34(32(37)29-9-4-5-10-30(29)38-3)28-8-6-7-23(21-28)13-20-31(35)36/h4-21H,22H2,1-3H3,(H,35,36). The fourth-order valence-corrected chi connectivity index (χ4v) is 4.15. The minimum atomic E-state index is -1.03. The van der Waals surface area contributed by atoms with Crippen LogP contribution in [-0.2, 0) is 11.3 Å². The fourth-order valence-electron chi connectivity index (χ4n) is 4.15. The molecule has 6 heteroatoms. The number of amides is 1. The maximum Gasteiger partial charge on any atom is 0.328 e. The summed E-state index contributed by atoms with van der Waals surface area (Å²) in [6.45, 7) is 0.322. The Morgan fingerprint density at radius 2 is 1.47 bits per heavy atom. The van der Waals surface area contributed by atoms with E-state index in [0.717, 1.165) is 28.5 Å². The Bertz CT molecular complexity index is 1440. The molecule has 0 bridgehead atoms. The Hall–Kier alpha value is -4.84. The van der Waals surface area contributed by atoms with Gasteiger partial charge in [0.05, 0.1) is 19.2 Å². The molecule has 0 saturated carbocycles. The second-order valence-electron chi connectivity index (χ2n) is 9.00. The number of carbonyl (C=O) groups is 2. The molecule has 0 aliphatic carbocycles. The molecule has 192 valence electrons. The molecule has 0 atom stereocenters. The van der Waals surface area contributed by atoms with Gasteiger partial charge in [0.1, 0.15) is 5.75 Å². The Labute approximate surface area is 223 Å². The largest absolute Gasteiger partial charge is 0.496 e. The summed E-state index contributed by atoms with van der Waals surface area (Å²) in [5.74, 6) is -0.764. The van der Waals surface area contributed by atoms with Crippen LogP contribution in [0.5, 0.6) is 5.75 Å². The lowest BCUT2D eigenvalue weighted by Crippen LogP contribution is -2.30. The van der Waals surface area contributed by atoms with Crippen molar-refractivity contribution in [3.8, 4) is 16.9 Å². The van der Waals surface area contributed by atoms with Gasteiger partial charge in [-0.3, -0.25) is 4.79 Å². The fraction of sp³-hybridized carbons (Fsp3) is 0.125. The molecule has 0 aromatic heterocycles. The SMILES string of the molecule is COc1ccccc1C(=O)N(Cc1ccc(-c2ccc(N(C)C)cc2)cc1)c1cccc(C=CC(=O)O)c1. The van der Waals surface area contributed by atoms with Crippen LogP contribution in [0.1, 0.15) is 21.5 Å². The minimum Gasteiger partial charge on any atom is -0.496 e. The Morgan fingerprint density at radius 3 is 2.11 bits per heavy atom. The number of ether oxygens (including phenoxy) is 1. The van der Waals surface area contributed by atoms with E-state index >= 15 is 0 Å². The van der Waals surface area contributed by atoms with Crippen molar-refractivity contribution in [1.82, 2.24) is 0 Å². The van der Waals surface area contributed by atoms with Gasteiger partial charge in [0, 0.05) is 31.5 Å². The zero-order valence-corrected chi connectivity index (χ0v) is 21.7. The predicted molar refractivity (Wildman–Crippen MR) is 153 cm³/mol. The number of hydrogen-bond donors (Lipinski definition) is 1. The molecule has 6 nitrogen and oxygen atoms in total. The summed E-state index contributed by atoms with van der Waals surface area (Å²) in [6, 6.07) is 30.9. The molecule has 0 spiro atoms. The predicted octanol–water partition coefficient (Wildman–Crippen LogP) is 6.37. The molecule has 0 saturated heterocycles. The van der Waals surface area contributed by atoms with E-state index in [-0.39, 0.29) is 5.91 Å². The number of methoxy groups -OCH3 is 1. The summed E-state index contributed by atoms with van der Waals surface area (Å²) in [6.07, 6.45) is 2.59. The Balaban J connectivity index is 1.67. The van der Waals surface area contributed by atoms with Crippen LogP contribution in [0.3, 0.4) is 0 Å². The average Bonchev–Trinajstić information content (AvgIpc) is 2.95. The molecule has 0 fully saturated rings. The van der Waals surface area contributed by atoms with Crippen LogP contribution in [0.4, 0.5) is 11.4 Å². The highest BCUT2D eigenvalue weighted by atomic mass is 16.5. The van der Waals surface area contributed by atoms with Crippen molar-refractivity contribution in [3.05, 3.63) is 120 Å². The third kappa shape index (κ3) is 6.28. The average molecular weight is 507 g/mol. The van der Waals surface area contributed by atoms with E-state index in [9.17, 15) is 9.59 Å². The van der Waals surface area contributed by atoms with Crippen molar-refractivity contribution in [2.75, 3.05) is 31.0 Å². The second-order valence-corrected chi connectivity index (χ2v) is 9.00. The topological polar surface area (TPSA) is 70.1 Å². The quantitative estimate of drug-likeness (QED) is 0.267. The molecule has 0 aliphatic heterocycles. The van der Waals surface area contributed by atoms with Crippen LogP contribution >= 0.6 is 0 Å². The first kappa shape index (κ1) is 26.2. The molecule has 1 amide bonds. The lowest BCUT2D eigenvalue weighted by atomic mass is 10.0. The van der Waals surface area contributed by atoms with Gasteiger partial charge in [0.25, 0.3) is 5.91 Å². The van der Waals surface area contributed by atoms with Gasteiger partial charge in [0.2, 0.25) is 0 Å². The van der Waals surface area contributed by atoms with Crippen LogP contribution in [0.25, 0.3) is 17.2 Å². The van der Waals surface area contributed by atoms with E-state index in [1.165, 1.54) is 13.2 Å². The number of anilines is 2. The minimum absolute atomic E-state index is 0.217. The first-order valence-electron chi connectivity index (χ1n) is 12.2. The maximum absolute atomic E-state index is 13.8. The van der Waals surface area contributed by atoms with E-state index in [1.807, 2.05) is 38.4 Å². The molecule has 4 aromatic rings. The number of nitrogens with zero attached hydrogens (tertiary/aromatic N) is 2. The second kappa shape index (κ2) is 11.9. The first-order chi connectivity index (χ1) is 18.4. The number of para-hydroxylation sites is 1. The maximum atomic E-state index is 13.8. The smallest absolute Gasteiger partial charge is 0.328 e. The number of rotatable bonds is 9. The summed E-state index contributed by atoms with van der Waals surface area (Å²) < 4.78 is 5.45. The van der Waals surface area contributed by atoms with Crippen LogP contribution < -0.4 is 14.5 Å². The van der Waals surface area contributed by atoms with E-state index in [1.54, 1.807) is 41.3 Å². The molecule has 0 heterocycles. The molecule has 0 aliphatic rings. The van der Waals surface area contributed by atoms with Gasteiger partial charge in [-0.2, -0.15) is 0 Å². The number of aliphatic carboxylic acids is 1. The molecular formula is C32H30N2O4. The monoisotopic (exact) mass is 506 g/mol. The van der Waals surface area contributed by atoms with Crippen LogP contribution in [0.2, 0.25) is 0 Å². The van der Waals surface area contributed by atoms with Gasteiger partial charge >= 0.3 is 5.97 Å². The van der Waals surface area contributed by atoms with E-state index < -0.39 is 5.97 Å². The van der Waals surface area contributed by atoms with Crippen molar-refractivity contribution in [1.29, 1.82) is 0 Å². The number of hydrogen-bond acceptors (Lipinski definition) is 4. The van der Waals surface area contributed by atoms with Gasteiger partial charge in [-0.15, -0.1) is 0 Å².